The number of phenols is 1. The van der Waals surface area contributed by atoms with E-state index in [-0.39, 0.29) is 5.75 Å². The fourth-order valence-corrected chi connectivity index (χ4v) is 2.38. The molecule has 0 heterocycles. The highest BCUT2D eigenvalue weighted by atomic mass is 32.2. The summed E-state index contributed by atoms with van der Waals surface area (Å²) in [5.41, 5.74) is 1.92. The summed E-state index contributed by atoms with van der Waals surface area (Å²) in [6.45, 7) is 0.577. The number of para-hydroxylation sites is 1. The maximum atomic E-state index is 9.90. The molecule has 19 heavy (non-hydrogen) atoms. The third kappa shape index (κ3) is 3.35. The van der Waals surface area contributed by atoms with Crippen LogP contribution in [0.1, 0.15) is 5.56 Å². The van der Waals surface area contributed by atoms with Crippen molar-refractivity contribution >= 4 is 17.4 Å². The lowest BCUT2D eigenvalue weighted by Crippen LogP contribution is -2.01. The van der Waals surface area contributed by atoms with Crippen molar-refractivity contribution in [3.8, 4) is 11.5 Å². The predicted molar refractivity (Wildman–Crippen MR) is 80.2 cm³/mol. The lowest BCUT2D eigenvalue weighted by Gasteiger charge is -2.12. The van der Waals surface area contributed by atoms with Crippen molar-refractivity contribution < 1.29 is 9.84 Å². The normalized spacial score (nSPS) is 10.2. The van der Waals surface area contributed by atoms with E-state index in [0.29, 0.717) is 12.3 Å². The van der Waals surface area contributed by atoms with Gasteiger partial charge in [-0.05, 0) is 30.5 Å². The summed E-state index contributed by atoms with van der Waals surface area (Å²) in [4.78, 5) is 1.19. The molecule has 3 nitrogen and oxygen atoms in total. The van der Waals surface area contributed by atoms with Gasteiger partial charge in [-0.2, -0.15) is 0 Å². The Bertz CT molecular complexity index is 558. The second-order valence-electron chi connectivity index (χ2n) is 4.05. The summed E-state index contributed by atoms with van der Waals surface area (Å²) in [6, 6.07) is 13.4. The highest BCUT2D eigenvalue weighted by Gasteiger charge is 2.04. The maximum Gasteiger partial charge on any atom is 0.124 e. The molecule has 4 heteroatoms. The molecule has 0 spiro atoms. The molecule has 0 aromatic heterocycles. The van der Waals surface area contributed by atoms with Crippen LogP contribution in [0.3, 0.4) is 0 Å². The molecular formula is C15H17NO2S. The van der Waals surface area contributed by atoms with Gasteiger partial charge in [0.25, 0.3) is 0 Å². The number of benzene rings is 2. The first-order chi connectivity index (χ1) is 9.24. The van der Waals surface area contributed by atoms with E-state index >= 15 is 0 Å². The van der Waals surface area contributed by atoms with E-state index in [1.54, 1.807) is 24.9 Å². The number of hydrogen-bond acceptors (Lipinski definition) is 4. The Hall–Kier alpha value is -1.81. The van der Waals surface area contributed by atoms with E-state index in [1.165, 1.54) is 4.90 Å². The van der Waals surface area contributed by atoms with Gasteiger partial charge < -0.3 is 15.2 Å². The van der Waals surface area contributed by atoms with Crippen molar-refractivity contribution in [2.75, 3.05) is 18.7 Å². The predicted octanol–water partition coefficient (Wildman–Crippen LogP) is 3.73. The Morgan fingerprint density at radius 3 is 2.68 bits per heavy atom. The van der Waals surface area contributed by atoms with Crippen LogP contribution in [0, 0.1) is 0 Å². The zero-order valence-electron chi connectivity index (χ0n) is 11.0. The second kappa shape index (κ2) is 6.38. The van der Waals surface area contributed by atoms with E-state index in [9.17, 15) is 5.11 Å². The first-order valence-corrected chi connectivity index (χ1v) is 7.20. The summed E-state index contributed by atoms with van der Waals surface area (Å²) >= 11 is 1.70. The number of methoxy groups -OCH3 is 1. The van der Waals surface area contributed by atoms with Gasteiger partial charge >= 0.3 is 0 Å². The molecule has 0 saturated carbocycles. The first-order valence-electron chi connectivity index (χ1n) is 5.97. The lowest BCUT2D eigenvalue weighted by molar-refractivity contribution is 0.406. The summed E-state index contributed by atoms with van der Waals surface area (Å²) in [5.74, 6) is 0.902. The molecule has 100 valence electrons. The van der Waals surface area contributed by atoms with Crippen LogP contribution in [-0.4, -0.2) is 18.5 Å². The number of rotatable bonds is 5. The minimum Gasteiger partial charge on any atom is -0.507 e. The molecule has 0 atom stereocenters. The third-order valence-corrected chi connectivity index (χ3v) is 3.66. The van der Waals surface area contributed by atoms with Gasteiger partial charge in [-0.3, -0.25) is 0 Å². The third-order valence-electron chi connectivity index (χ3n) is 2.87. The Morgan fingerprint density at radius 2 is 2.00 bits per heavy atom. The quantitative estimate of drug-likeness (QED) is 0.816. The summed E-state index contributed by atoms with van der Waals surface area (Å²) in [6.07, 6.45) is 2.05. The minimum absolute atomic E-state index is 0.244. The van der Waals surface area contributed by atoms with Gasteiger partial charge in [0.2, 0.25) is 0 Å². The monoisotopic (exact) mass is 275 g/mol. The number of hydrogen-bond donors (Lipinski definition) is 2. The van der Waals surface area contributed by atoms with Crippen LogP contribution in [0.25, 0.3) is 0 Å². The Balaban J connectivity index is 2.10. The van der Waals surface area contributed by atoms with Crippen molar-refractivity contribution in [3.63, 3.8) is 0 Å². The number of ether oxygens (including phenoxy) is 1. The molecule has 2 N–H and O–H groups in total. The van der Waals surface area contributed by atoms with E-state index in [4.69, 9.17) is 4.74 Å². The summed E-state index contributed by atoms with van der Waals surface area (Å²) in [7, 11) is 1.58. The van der Waals surface area contributed by atoms with Gasteiger partial charge in [0.05, 0.1) is 7.11 Å². The topological polar surface area (TPSA) is 41.5 Å². The fraction of sp³-hybridized carbons (Fsp3) is 0.200. The molecule has 2 aromatic rings. The van der Waals surface area contributed by atoms with Gasteiger partial charge in [0.1, 0.15) is 11.5 Å². The minimum atomic E-state index is 0.244. The fourth-order valence-electron chi connectivity index (χ4n) is 1.80. The van der Waals surface area contributed by atoms with Crippen molar-refractivity contribution in [2.45, 2.75) is 11.4 Å². The largest absolute Gasteiger partial charge is 0.507 e. The van der Waals surface area contributed by atoms with Gasteiger partial charge in [-0.25, -0.2) is 0 Å². The van der Waals surface area contributed by atoms with Crippen LogP contribution >= 0.6 is 11.8 Å². The summed E-state index contributed by atoms with van der Waals surface area (Å²) < 4.78 is 5.07. The molecule has 0 unspecified atom stereocenters. The molecule has 0 radical (unpaired) electrons. The van der Waals surface area contributed by atoms with E-state index < -0.39 is 0 Å². The molecule has 0 aliphatic rings. The lowest BCUT2D eigenvalue weighted by atomic mass is 10.2. The van der Waals surface area contributed by atoms with Crippen LogP contribution in [0.2, 0.25) is 0 Å². The van der Waals surface area contributed by atoms with Gasteiger partial charge in [-0.1, -0.05) is 12.1 Å². The van der Waals surface area contributed by atoms with Gasteiger partial charge in [0.15, 0.2) is 0 Å². The molecule has 0 amide bonds. The molecule has 0 saturated heterocycles. The molecule has 0 fully saturated rings. The molecule has 0 bridgehead atoms. The van der Waals surface area contributed by atoms with Crippen LogP contribution in [0.4, 0.5) is 5.69 Å². The van der Waals surface area contributed by atoms with E-state index in [1.807, 2.05) is 36.6 Å². The highest BCUT2D eigenvalue weighted by Crippen LogP contribution is 2.27. The molecule has 2 rings (SSSR count). The second-order valence-corrected chi connectivity index (χ2v) is 4.90. The summed E-state index contributed by atoms with van der Waals surface area (Å²) in [5, 5.41) is 13.2. The van der Waals surface area contributed by atoms with Crippen molar-refractivity contribution in [1.82, 2.24) is 0 Å². The Morgan fingerprint density at radius 1 is 1.21 bits per heavy atom. The van der Waals surface area contributed by atoms with Gasteiger partial charge in [0, 0.05) is 28.8 Å². The van der Waals surface area contributed by atoms with Crippen LogP contribution < -0.4 is 10.1 Å². The zero-order chi connectivity index (χ0) is 13.7. The molecule has 0 aliphatic heterocycles. The smallest absolute Gasteiger partial charge is 0.124 e. The van der Waals surface area contributed by atoms with Crippen molar-refractivity contribution in [2.24, 2.45) is 0 Å². The highest BCUT2D eigenvalue weighted by molar-refractivity contribution is 7.98. The van der Waals surface area contributed by atoms with Crippen molar-refractivity contribution in [3.05, 3.63) is 48.0 Å². The SMILES string of the molecule is COc1ccc(CNc2ccccc2SC)c(O)c1. The molecular weight excluding hydrogens is 258 g/mol. The van der Waals surface area contributed by atoms with Crippen LogP contribution in [-0.2, 0) is 6.54 Å². The molecule has 0 aliphatic carbocycles. The maximum absolute atomic E-state index is 9.90. The average molecular weight is 275 g/mol. The van der Waals surface area contributed by atoms with Crippen LogP contribution in [0.15, 0.2) is 47.4 Å². The van der Waals surface area contributed by atoms with E-state index in [2.05, 4.69) is 11.4 Å². The van der Waals surface area contributed by atoms with Gasteiger partial charge in [-0.15, -0.1) is 11.8 Å². The van der Waals surface area contributed by atoms with Crippen molar-refractivity contribution in [1.29, 1.82) is 0 Å². The number of phenolic OH excluding ortho intramolecular Hbond substituents is 1. The Kier molecular flexibility index (Phi) is 4.58. The van der Waals surface area contributed by atoms with Crippen LogP contribution in [0.5, 0.6) is 11.5 Å². The number of aromatic hydroxyl groups is 1. The Labute approximate surface area is 117 Å². The average Bonchev–Trinajstić information content (AvgIpc) is 2.46. The zero-order valence-corrected chi connectivity index (χ0v) is 11.8. The molecule has 2 aromatic carbocycles. The number of nitrogens with one attached hydrogen (secondary N) is 1. The standard InChI is InChI=1S/C15H17NO2S/c1-18-12-8-7-11(14(17)9-12)10-16-13-5-3-4-6-15(13)19-2/h3-9,16-17H,10H2,1-2H3. The first kappa shape index (κ1) is 13.6. The number of anilines is 1. The van der Waals surface area contributed by atoms with E-state index in [0.717, 1.165) is 11.3 Å². The number of thioether (sulfide) groups is 1.